The van der Waals surface area contributed by atoms with Crippen LogP contribution in [0.15, 0.2) is 85.1 Å². The molecule has 1 fully saturated rings. The molecule has 0 spiro atoms. The number of aryl methyl sites for hydroxylation is 3. The lowest BCUT2D eigenvalue weighted by atomic mass is 9.92. The first-order chi connectivity index (χ1) is 30.1. The number of rotatable bonds is 21. The number of aromatic nitrogens is 1. The Morgan fingerprint density at radius 3 is 1.98 bits per heavy atom. The Morgan fingerprint density at radius 2 is 1.34 bits per heavy atom. The highest BCUT2D eigenvalue weighted by Gasteiger charge is 2.18. The predicted octanol–water partition coefficient (Wildman–Crippen LogP) is 8.39. The standard InChI is InChI=1S/C40H54N4O8.C10H12/c1-40(2,3)52-37(45)15-20-49-22-24-51-26-25-50-23-21-48-19-8-10-30-9-7-11-32(27-30)39(47)43-35-13-12-33(44-17-5-4-6-18-44)29-34(35)36-28-31(38(41)46)14-16-42-36;1-2-6-10-8-4-3-7-9(10)5-1/h7,9,11-14,16,27-29H,4-6,8,10,15,17-26H2,1-3H3,(H2,41,46)(H,43,47);1-2,5-6H,3-4,7-8H2. The second-order valence-electron chi connectivity index (χ2n) is 16.6. The van der Waals surface area contributed by atoms with Gasteiger partial charge >= 0.3 is 5.97 Å². The summed E-state index contributed by atoms with van der Waals surface area (Å²) in [6.45, 7) is 11.0. The van der Waals surface area contributed by atoms with E-state index < -0.39 is 11.5 Å². The summed E-state index contributed by atoms with van der Waals surface area (Å²) < 4.78 is 27.4. The summed E-state index contributed by atoms with van der Waals surface area (Å²) in [4.78, 5) is 43.9. The molecule has 0 atom stereocenters. The first-order valence-corrected chi connectivity index (χ1v) is 22.2. The van der Waals surface area contributed by atoms with Gasteiger partial charge in [-0.05, 0) is 138 Å². The maximum absolute atomic E-state index is 13.5. The zero-order valence-electron chi connectivity index (χ0n) is 37.0. The van der Waals surface area contributed by atoms with Gasteiger partial charge in [0.25, 0.3) is 5.91 Å². The number of hydrogen-bond donors (Lipinski definition) is 2. The minimum absolute atomic E-state index is 0.218. The lowest BCUT2D eigenvalue weighted by molar-refractivity contribution is -0.156. The number of piperidine rings is 1. The molecule has 0 saturated carbocycles. The molecule has 3 N–H and O–H groups in total. The van der Waals surface area contributed by atoms with Crippen molar-refractivity contribution in [3.8, 4) is 11.3 Å². The van der Waals surface area contributed by atoms with Gasteiger partial charge < -0.3 is 39.6 Å². The van der Waals surface area contributed by atoms with Gasteiger partial charge in [-0.15, -0.1) is 0 Å². The van der Waals surface area contributed by atoms with Gasteiger partial charge in [0.05, 0.1) is 64.1 Å². The van der Waals surface area contributed by atoms with Gasteiger partial charge in [0.15, 0.2) is 0 Å². The Labute approximate surface area is 367 Å². The first kappa shape index (κ1) is 47.9. The molecule has 1 saturated heterocycles. The van der Waals surface area contributed by atoms with Crippen LogP contribution >= 0.6 is 0 Å². The summed E-state index contributed by atoms with van der Waals surface area (Å²) >= 11 is 0. The van der Waals surface area contributed by atoms with Crippen LogP contribution in [-0.2, 0) is 47.7 Å². The van der Waals surface area contributed by atoms with E-state index in [1.807, 2.05) is 57.2 Å². The summed E-state index contributed by atoms with van der Waals surface area (Å²) in [6.07, 6.45) is 12.2. The fourth-order valence-corrected chi connectivity index (χ4v) is 7.36. The number of hydrogen-bond acceptors (Lipinski definition) is 10. The largest absolute Gasteiger partial charge is 0.460 e. The average Bonchev–Trinajstić information content (AvgIpc) is 3.28. The number of amides is 2. The molecule has 12 heteroatoms. The number of primary amides is 1. The molecule has 0 unspecified atom stereocenters. The molecule has 6 rings (SSSR count). The van der Waals surface area contributed by atoms with Gasteiger partial charge in [-0.2, -0.15) is 0 Å². The molecule has 12 nitrogen and oxygen atoms in total. The number of ether oxygens (including phenoxy) is 5. The van der Waals surface area contributed by atoms with E-state index in [0.29, 0.717) is 75.4 Å². The Morgan fingerprint density at radius 1 is 0.694 bits per heavy atom. The van der Waals surface area contributed by atoms with Crippen molar-refractivity contribution in [1.29, 1.82) is 0 Å². The lowest BCUT2D eigenvalue weighted by Crippen LogP contribution is -2.29. The normalized spacial score (nSPS) is 13.7. The second kappa shape index (κ2) is 25.7. The minimum Gasteiger partial charge on any atom is -0.460 e. The van der Waals surface area contributed by atoms with Crippen LogP contribution in [0.3, 0.4) is 0 Å². The van der Waals surface area contributed by atoms with Gasteiger partial charge in [0, 0.05) is 48.3 Å². The maximum Gasteiger partial charge on any atom is 0.308 e. The Hall–Kier alpha value is -5.14. The molecule has 1 aliphatic heterocycles. The molecule has 4 aromatic rings. The molecule has 3 aromatic carbocycles. The maximum atomic E-state index is 13.5. The third kappa shape index (κ3) is 17.0. The lowest BCUT2D eigenvalue weighted by Gasteiger charge is -2.29. The number of nitrogens with two attached hydrogens (primary N) is 1. The van der Waals surface area contributed by atoms with Gasteiger partial charge in [0.2, 0.25) is 5.91 Å². The van der Waals surface area contributed by atoms with E-state index in [1.54, 1.807) is 35.5 Å². The third-order valence-electron chi connectivity index (χ3n) is 10.5. The quantitative estimate of drug-likeness (QED) is 0.0618. The zero-order chi connectivity index (χ0) is 44.0. The van der Waals surface area contributed by atoms with Crippen LogP contribution in [0.2, 0.25) is 0 Å². The number of fused-ring (bicyclic) bond motifs is 1. The zero-order valence-corrected chi connectivity index (χ0v) is 37.0. The molecule has 2 amide bonds. The Bertz CT molecular complexity index is 1980. The van der Waals surface area contributed by atoms with Gasteiger partial charge in [-0.1, -0.05) is 36.4 Å². The monoisotopic (exact) mass is 850 g/mol. The van der Waals surface area contributed by atoms with Crippen LogP contribution in [0.25, 0.3) is 11.3 Å². The van der Waals surface area contributed by atoms with Crippen LogP contribution in [0, 0.1) is 0 Å². The van der Waals surface area contributed by atoms with E-state index in [-0.39, 0.29) is 18.3 Å². The number of pyridine rings is 1. The highest BCUT2D eigenvalue weighted by molar-refractivity contribution is 6.06. The van der Waals surface area contributed by atoms with Crippen LogP contribution in [-0.4, -0.2) is 94.3 Å². The Kier molecular flexibility index (Phi) is 19.9. The molecule has 0 radical (unpaired) electrons. The summed E-state index contributed by atoms with van der Waals surface area (Å²) in [7, 11) is 0. The van der Waals surface area contributed by atoms with Crippen molar-refractivity contribution in [3.05, 3.63) is 113 Å². The van der Waals surface area contributed by atoms with Crippen molar-refractivity contribution in [2.45, 2.75) is 90.6 Å². The Balaban J connectivity index is 0.000000628. The topological polar surface area (TPSA) is 152 Å². The van der Waals surface area contributed by atoms with Crippen molar-refractivity contribution >= 4 is 29.2 Å². The van der Waals surface area contributed by atoms with Crippen LogP contribution in [0.1, 0.15) is 103 Å². The van der Waals surface area contributed by atoms with Crippen molar-refractivity contribution in [1.82, 2.24) is 4.98 Å². The van der Waals surface area contributed by atoms with Crippen LogP contribution < -0.4 is 16.0 Å². The number of esters is 1. The summed E-state index contributed by atoms with van der Waals surface area (Å²) in [5, 5.41) is 3.08. The summed E-state index contributed by atoms with van der Waals surface area (Å²) in [5.41, 5.74) is 13.1. The van der Waals surface area contributed by atoms with E-state index in [1.165, 1.54) is 32.1 Å². The van der Waals surface area contributed by atoms with Crippen molar-refractivity contribution in [2.24, 2.45) is 5.73 Å². The molecule has 62 heavy (non-hydrogen) atoms. The van der Waals surface area contributed by atoms with Gasteiger partial charge in [0.1, 0.15) is 5.60 Å². The number of anilines is 2. The van der Waals surface area contributed by atoms with Crippen molar-refractivity contribution < 1.29 is 38.1 Å². The number of benzene rings is 3. The van der Waals surface area contributed by atoms with E-state index in [4.69, 9.17) is 29.4 Å². The molecule has 0 bridgehead atoms. The highest BCUT2D eigenvalue weighted by Crippen LogP contribution is 2.33. The number of carbonyl (C=O) groups excluding carboxylic acids is 3. The average molecular weight is 851 g/mol. The van der Waals surface area contributed by atoms with Crippen LogP contribution in [0.4, 0.5) is 11.4 Å². The molecule has 334 valence electrons. The van der Waals surface area contributed by atoms with Crippen LogP contribution in [0.5, 0.6) is 0 Å². The van der Waals surface area contributed by atoms with E-state index >= 15 is 0 Å². The number of carbonyl (C=O) groups is 3. The smallest absolute Gasteiger partial charge is 0.308 e. The summed E-state index contributed by atoms with van der Waals surface area (Å²) in [5.74, 6) is -1.04. The van der Waals surface area contributed by atoms with E-state index in [0.717, 1.165) is 55.6 Å². The van der Waals surface area contributed by atoms with E-state index in [2.05, 4.69) is 39.5 Å². The molecule has 1 aliphatic carbocycles. The fraction of sp³-hybridized carbons (Fsp3) is 0.480. The molecule has 2 heterocycles. The predicted molar refractivity (Wildman–Crippen MR) is 244 cm³/mol. The molecule has 2 aliphatic rings. The highest BCUT2D eigenvalue weighted by atomic mass is 16.6. The number of nitrogens with one attached hydrogen (secondary N) is 1. The van der Waals surface area contributed by atoms with Crippen molar-refractivity contribution in [3.63, 3.8) is 0 Å². The molecular formula is C50H66N4O8. The van der Waals surface area contributed by atoms with E-state index in [9.17, 15) is 14.4 Å². The van der Waals surface area contributed by atoms with Gasteiger partial charge in [-0.25, -0.2) is 0 Å². The SMILES string of the molecule is CC(C)(C)OC(=O)CCOCCOCCOCCOCCCc1cccc(C(=O)Nc2ccc(N3CCCCC3)cc2-c2cc(C(N)=O)ccn2)c1.c1ccc2c(c1)CCCC2. The second-order valence-corrected chi connectivity index (χ2v) is 16.6. The van der Waals surface area contributed by atoms with Gasteiger partial charge in [-0.3, -0.25) is 19.4 Å². The molecule has 1 aromatic heterocycles. The number of nitrogens with zero attached hydrogens (tertiary/aromatic N) is 2. The fourth-order valence-electron chi connectivity index (χ4n) is 7.36. The first-order valence-electron chi connectivity index (χ1n) is 22.2. The minimum atomic E-state index is -0.535. The summed E-state index contributed by atoms with van der Waals surface area (Å²) in [6, 6.07) is 25.6. The van der Waals surface area contributed by atoms with Crippen molar-refractivity contribution in [2.75, 3.05) is 76.2 Å². The third-order valence-corrected chi connectivity index (χ3v) is 10.5. The molecular weight excluding hydrogens is 785 g/mol.